The van der Waals surface area contributed by atoms with Gasteiger partial charge in [-0.2, -0.15) is 0 Å². The van der Waals surface area contributed by atoms with Gasteiger partial charge in [0.2, 0.25) is 5.91 Å². The fourth-order valence-corrected chi connectivity index (χ4v) is 3.50. The normalized spacial score (nSPS) is 10.9. The van der Waals surface area contributed by atoms with Crippen LogP contribution in [0.2, 0.25) is 0 Å². The molecule has 0 aliphatic heterocycles. The SMILES string of the molecule is CCc1sc(NC(=O)C=Cc2ccccc2[N+](=O)[O-])nc1-c1ccccc1. The van der Waals surface area contributed by atoms with Crippen molar-refractivity contribution < 1.29 is 9.72 Å². The van der Waals surface area contributed by atoms with Crippen molar-refractivity contribution in [2.24, 2.45) is 0 Å². The molecule has 1 heterocycles. The van der Waals surface area contributed by atoms with E-state index in [1.54, 1.807) is 18.2 Å². The van der Waals surface area contributed by atoms with E-state index in [1.807, 2.05) is 37.3 Å². The Morgan fingerprint density at radius 3 is 2.59 bits per heavy atom. The molecule has 27 heavy (non-hydrogen) atoms. The molecule has 0 aliphatic rings. The van der Waals surface area contributed by atoms with Gasteiger partial charge in [-0.25, -0.2) is 4.98 Å². The maximum Gasteiger partial charge on any atom is 0.276 e. The highest BCUT2D eigenvalue weighted by molar-refractivity contribution is 7.16. The van der Waals surface area contributed by atoms with Crippen molar-refractivity contribution in [3.05, 3.63) is 81.2 Å². The molecule has 0 radical (unpaired) electrons. The van der Waals surface area contributed by atoms with Gasteiger partial charge in [-0.05, 0) is 18.6 Å². The van der Waals surface area contributed by atoms with Crippen molar-refractivity contribution in [2.75, 3.05) is 5.32 Å². The Morgan fingerprint density at radius 2 is 1.89 bits per heavy atom. The molecule has 6 nitrogen and oxygen atoms in total. The largest absolute Gasteiger partial charge is 0.298 e. The number of nitrogens with zero attached hydrogens (tertiary/aromatic N) is 2. The molecule has 0 atom stereocenters. The number of carbonyl (C=O) groups excluding carboxylic acids is 1. The molecule has 0 bridgehead atoms. The smallest absolute Gasteiger partial charge is 0.276 e. The molecule has 1 aromatic heterocycles. The van der Waals surface area contributed by atoms with E-state index < -0.39 is 4.92 Å². The van der Waals surface area contributed by atoms with Gasteiger partial charge in [-0.15, -0.1) is 11.3 Å². The number of benzene rings is 2. The second-order valence-corrected chi connectivity index (χ2v) is 6.73. The maximum absolute atomic E-state index is 12.2. The number of amides is 1. The highest BCUT2D eigenvalue weighted by Crippen LogP contribution is 2.31. The minimum absolute atomic E-state index is 0.0459. The van der Waals surface area contributed by atoms with E-state index in [1.165, 1.54) is 29.6 Å². The highest BCUT2D eigenvalue weighted by atomic mass is 32.1. The zero-order valence-electron chi connectivity index (χ0n) is 14.6. The molecule has 7 heteroatoms. The Hall–Kier alpha value is -3.32. The standard InChI is InChI=1S/C20H17N3O3S/c1-2-17-19(15-9-4-3-5-10-15)22-20(27-17)21-18(24)13-12-14-8-6-7-11-16(14)23(25)26/h3-13H,2H2,1H3,(H,21,22,24). The van der Waals surface area contributed by atoms with Gasteiger partial charge in [-0.1, -0.05) is 49.4 Å². The second kappa shape index (κ2) is 8.37. The van der Waals surface area contributed by atoms with E-state index in [0.717, 1.165) is 22.6 Å². The zero-order valence-corrected chi connectivity index (χ0v) is 15.4. The Morgan fingerprint density at radius 1 is 1.19 bits per heavy atom. The van der Waals surface area contributed by atoms with Crippen molar-refractivity contribution in [2.45, 2.75) is 13.3 Å². The topological polar surface area (TPSA) is 85.1 Å². The minimum Gasteiger partial charge on any atom is -0.298 e. The van der Waals surface area contributed by atoms with Gasteiger partial charge in [0.15, 0.2) is 5.13 Å². The molecular formula is C20H17N3O3S. The number of hydrogen-bond donors (Lipinski definition) is 1. The van der Waals surface area contributed by atoms with E-state index >= 15 is 0 Å². The summed E-state index contributed by atoms with van der Waals surface area (Å²) in [6.07, 6.45) is 3.52. The van der Waals surface area contributed by atoms with Crippen LogP contribution in [-0.2, 0) is 11.2 Å². The van der Waals surface area contributed by atoms with E-state index in [0.29, 0.717) is 10.7 Å². The average molecular weight is 379 g/mol. The quantitative estimate of drug-likeness (QED) is 0.374. The van der Waals surface area contributed by atoms with Gasteiger partial charge < -0.3 is 0 Å². The third-order valence-corrected chi connectivity index (χ3v) is 4.96. The molecule has 0 aliphatic carbocycles. The van der Waals surface area contributed by atoms with Crippen LogP contribution in [0.3, 0.4) is 0 Å². The first-order valence-electron chi connectivity index (χ1n) is 8.36. The van der Waals surface area contributed by atoms with Crippen LogP contribution < -0.4 is 5.32 Å². The summed E-state index contributed by atoms with van der Waals surface area (Å²) in [6, 6.07) is 16.1. The van der Waals surface area contributed by atoms with Gasteiger partial charge in [0, 0.05) is 22.6 Å². The average Bonchev–Trinajstić information content (AvgIpc) is 3.10. The fraction of sp³-hybridized carbons (Fsp3) is 0.100. The Labute approximate surface area is 160 Å². The molecule has 3 rings (SSSR count). The van der Waals surface area contributed by atoms with Crippen molar-refractivity contribution >= 4 is 34.1 Å². The van der Waals surface area contributed by atoms with Crippen LogP contribution in [-0.4, -0.2) is 15.8 Å². The summed E-state index contributed by atoms with van der Waals surface area (Å²) in [7, 11) is 0. The van der Waals surface area contributed by atoms with Gasteiger partial charge in [-0.3, -0.25) is 20.2 Å². The number of aryl methyl sites for hydroxylation is 1. The van der Waals surface area contributed by atoms with Crippen molar-refractivity contribution in [1.82, 2.24) is 4.98 Å². The number of nitro groups is 1. The fourth-order valence-electron chi connectivity index (χ4n) is 2.57. The molecule has 1 amide bonds. The lowest BCUT2D eigenvalue weighted by Crippen LogP contribution is -2.07. The first-order valence-corrected chi connectivity index (χ1v) is 9.17. The van der Waals surface area contributed by atoms with Crippen molar-refractivity contribution in [3.63, 3.8) is 0 Å². The Balaban J connectivity index is 1.77. The molecule has 0 spiro atoms. The van der Waals surface area contributed by atoms with Crippen LogP contribution in [0.5, 0.6) is 0 Å². The molecule has 3 aromatic rings. The summed E-state index contributed by atoms with van der Waals surface area (Å²) in [5.41, 5.74) is 2.19. The summed E-state index contributed by atoms with van der Waals surface area (Å²) < 4.78 is 0. The molecular weight excluding hydrogens is 362 g/mol. The molecule has 0 unspecified atom stereocenters. The van der Waals surface area contributed by atoms with Crippen molar-refractivity contribution in [3.8, 4) is 11.3 Å². The second-order valence-electron chi connectivity index (χ2n) is 5.65. The van der Waals surface area contributed by atoms with Gasteiger partial charge in [0.25, 0.3) is 5.69 Å². The van der Waals surface area contributed by atoms with Crippen LogP contribution >= 0.6 is 11.3 Å². The third-order valence-electron chi connectivity index (χ3n) is 3.84. The minimum atomic E-state index is -0.474. The number of carbonyl (C=O) groups is 1. The molecule has 136 valence electrons. The summed E-state index contributed by atoms with van der Waals surface area (Å²) >= 11 is 1.43. The molecule has 0 saturated carbocycles. The number of hydrogen-bond acceptors (Lipinski definition) is 5. The van der Waals surface area contributed by atoms with E-state index in [4.69, 9.17) is 0 Å². The monoisotopic (exact) mass is 379 g/mol. The lowest BCUT2D eigenvalue weighted by Gasteiger charge is -1.99. The highest BCUT2D eigenvalue weighted by Gasteiger charge is 2.13. The van der Waals surface area contributed by atoms with Crippen LogP contribution in [0.4, 0.5) is 10.8 Å². The summed E-state index contributed by atoms with van der Waals surface area (Å²) in [5.74, 6) is -0.385. The van der Waals surface area contributed by atoms with Crippen LogP contribution in [0.1, 0.15) is 17.4 Å². The number of thiazole rings is 1. The number of para-hydroxylation sites is 1. The predicted molar refractivity (Wildman–Crippen MR) is 108 cm³/mol. The zero-order chi connectivity index (χ0) is 19.2. The number of nitro benzene ring substituents is 1. The van der Waals surface area contributed by atoms with E-state index in [2.05, 4.69) is 10.3 Å². The molecule has 2 aromatic carbocycles. The Kier molecular flexibility index (Phi) is 5.73. The predicted octanol–water partition coefficient (Wildman–Crippen LogP) is 4.93. The summed E-state index contributed by atoms with van der Waals surface area (Å²) in [4.78, 5) is 28.4. The van der Waals surface area contributed by atoms with Gasteiger partial charge in [0.05, 0.1) is 16.2 Å². The van der Waals surface area contributed by atoms with Crippen LogP contribution in [0, 0.1) is 10.1 Å². The first kappa shape index (κ1) is 18.5. The number of nitrogens with one attached hydrogen (secondary N) is 1. The molecule has 0 fully saturated rings. The lowest BCUT2D eigenvalue weighted by molar-refractivity contribution is -0.385. The number of anilines is 1. The number of rotatable bonds is 6. The van der Waals surface area contributed by atoms with Crippen LogP contribution in [0.15, 0.2) is 60.7 Å². The maximum atomic E-state index is 12.2. The molecule has 0 saturated heterocycles. The third kappa shape index (κ3) is 4.45. The van der Waals surface area contributed by atoms with E-state index in [9.17, 15) is 14.9 Å². The molecule has 1 N–H and O–H groups in total. The van der Waals surface area contributed by atoms with Crippen LogP contribution in [0.25, 0.3) is 17.3 Å². The van der Waals surface area contributed by atoms with Crippen molar-refractivity contribution in [1.29, 1.82) is 0 Å². The lowest BCUT2D eigenvalue weighted by atomic mass is 10.1. The van der Waals surface area contributed by atoms with Gasteiger partial charge >= 0.3 is 0 Å². The van der Waals surface area contributed by atoms with Gasteiger partial charge in [0.1, 0.15) is 0 Å². The number of aromatic nitrogens is 1. The summed E-state index contributed by atoms with van der Waals surface area (Å²) in [5, 5.41) is 14.3. The summed E-state index contributed by atoms with van der Waals surface area (Å²) in [6.45, 7) is 2.04. The Bertz CT molecular complexity index is 997. The first-order chi connectivity index (χ1) is 13.1. The van der Waals surface area contributed by atoms with E-state index in [-0.39, 0.29) is 11.6 Å².